The van der Waals surface area contributed by atoms with Gasteiger partial charge in [0.25, 0.3) is 11.8 Å². The standard InChI is InChI=1S/C38H37F3N4O2/c1-3-22-45(23-4-2)25-34(27-10-6-5-7-11-27)43-36(46)29-16-20-33-28(24-29)17-21-35(42-33)44-37(47)32-13-9-8-12-31(32)26-14-18-30(19-15-26)38(39,40)41/h5-21,24,34H,3-4,22-23,25H2,1-2H3,(H,43,46)(H,42,44,47)/t34-/m1/s1. The summed E-state index contributed by atoms with van der Waals surface area (Å²) in [5, 5.41) is 6.77. The van der Waals surface area contributed by atoms with Crippen molar-refractivity contribution in [1.82, 2.24) is 15.2 Å². The molecule has 0 unspecified atom stereocenters. The molecule has 1 aromatic heterocycles. The molecule has 0 saturated heterocycles. The number of rotatable bonds is 12. The second kappa shape index (κ2) is 15.0. The summed E-state index contributed by atoms with van der Waals surface area (Å²) in [4.78, 5) is 33.7. The minimum atomic E-state index is -4.45. The Bertz CT molecular complexity index is 1820. The number of nitrogens with zero attached hydrogens (tertiary/aromatic N) is 2. The normalized spacial score (nSPS) is 12.2. The summed E-state index contributed by atoms with van der Waals surface area (Å²) in [5.74, 6) is -0.334. The molecule has 0 saturated carbocycles. The van der Waals surface area contributed by atoms with E-state index < -0.39 is 17.6 Å². The van der Waals surface area contributed by atoms with Gasteiger partial charge in [-0.1, -0.05) is 74.5 Å². The third-order valence-corrected chi connectivity index (χ3v) is 7.92. The Morgan fingerprint density at radius 3 is 2.15 bits per heavy atom. The third-order valence-electron chi connectivity index (χ3n) is 7.92. The van der Waals surface area contributed by atoms with E-state index in [9.17, 15) is 22.8 Å². The molecule has 0 aliphatic carbocycles. The SMILES string of the molecule is CCCN(CCC)C[C@@H](NC(=O)c1ccc2nc(NC(=O)c3ccccc3-c3ccc(C(F)(F)F)cc3)ccc2c1)c1ccccc1. The first kappa shape index (κ1) is 33.3. The van der Waals surface area contributed by atoms with Gasteiger partial charge in [0, 0.05) is 23.1 Å². The monoisotopic (exact) mass is 638 g/mol. The number of aromatic nitrogens is 1. The average Bonchev–Trinajstić information content (AvgIpc) is 3.08. The number of hydrogen-bond donors (Lipinski definition) is 2. The Kier molecular flexibility index (Phi) is 10.7. The summed E-state index contributed by atoms with van der Waals surface area (Å²) in [6.07, 6.45) is -2.39. The molecule has 0 bridgehead atoms. The van der Waals surface area contributed by atoms with E-state index in [4.69, 9.17) is 0 Å². The van der Waals surface area contributed by atoms with Gasteiger partial charge < -0.3 is 15.5 Å². The number of pyridine rings is 1. The molecule has 1 heterocycles. The van der Waals surface area contributed by atoms with Crippen LogP contribution in [-0.4, -0.2) is 41.3 Å². The molecule has 0 fully saturated rings. The van der Waals surface area contributed by atoms with Gasteiger partial charge in [0.2, 0.25) is 0 Å². The fraction of sp³-hybridized carbons (Fsp3) is 0.237. The summed E-state index contributed by atoms with van der Waals surface area (Å²) in [6, 6.07) is 29.9. The van der Waals surface area contributed by atoms with Gasteiger partial charge in [-0.3, -0.25) is 9.59 Å². The van der Waals surface area contributed by atoms with Crippen molar-refractivity contribution < 1.29 is 22.8 Å². The summed E-state index contributed by atoms with van der Waals surface area (Å²) >= 11 is 0. The molecule has 2 N–H and O–H groups in total. The first-order valence-electron chi connectivity index (χ1n) is 15.7. The Labute approximate surface area is 272 Å². The van der Waals surface area contributed by atoms with E-state index in [1.54, 1.807) is 54.6 Å². The predicted molar refractivity (Wildman–Crippen MR) is 180 cm³/mol. The summed E-state index contributed by atoms with van der Waals surface area (Å²) < 4.78 is 39.2. The number of alkyl halides is 3. The number of benzene rings is 4. The van der Waals surface area contributed by atoms with Crippen molar-refractivity contribution in [3.05, 3.63) is 131 Å². The zero-order chi connectivity index (χ0) is 33.4. The number of carbonyl (C=O) groups is 2. The van der Waals surface area contributed by atoms with Crippen LogP contribution in [0.15, 0.2) is 109 Å². The molecule has 6 nitrogen and oxygen atoms in total. The molecule has 5 rings (SSSR count). The maximum atomic E-state index is 13.5. The number of amides is 2. The smallest absolute Gasteiger partial charge is 0.344 e. The van der Waals surface area contributed by atoms with Crippen LogP contribution in [0.3, 0.4) is 0 Å². The molecule has 9 heteroatoms. The zero-order valence-corrected chi connectivity index (χ0v) is 26.4. The van der Waals surface area contributed by atoms with E-state index in [1.165, 1.54) is 12.1 Å². The highest BCUT2D eigenvalue weighted by atomic mass is 19.4. The fourth-order valence-corrected chi connectivity index (χ4v) is 5.64. The largest absolute Gasteiger partial charge is 0.416 e. The lowest BCUT2D eigenvalue weighted by Gasteiger charge is -2.28. The Balaban J connectivity index is 1.32. The van der Waals surface area contributed by atoms with Gasteiger partial charge in [-0.15, -0.1) is 0 Å². The molecule has 2 amide bonds. The van der Waals surface area contributed by atoms with Crippen molar-refractivity contribution in [2.45, 2.75) is 38.9 Å². The minimum Gasteiger partial charge on any atom is -0.344 e. The van der Waals surface area contributed by atoms with E-state index in [-0.39, 0.29) is 11.9 Å². The molecule has 0 spiro atoms. The van der Waals surface area contributed by atoms with Crippen LogP contribution in [0.1, 0.15) is 64.6 Å². The summed E-state index contributed by atoms with van der Waals surface area (Å²) in [5.41, 5.74) is 2.65. The Morgan fingerprint density at radius 1 is 0.787 bits per heavy atom. The second-order valence-electron chi connectivity index (χ2n) is 11.4. The molecule has 4 aromatic carbocycles. The lowest BCUT2D eigenvalue weighted by Crippen LogP contribution is -2.38. The molecule has 0 aliphatic heterocycles. The molecule has 5 aromatic rings. The van der Waals surface area contributed by atoms with Crippen molar-refractivity contribution in [3.8, 4) is 11.1 Å². The van der Waals surface area contributed by atoms with Gasteiger partial charge in [0.1, 0.15) is 5.82 Å². The van der Waals surface area contributed by atoms with Gasteiger partial charge in [0.05, 0.1) is 17.1 Å². The highest BCUT2D eigenvalue weighted by molar-refractivity contribution is 6.08. The van der Waals surface area contributed by atoms with Gasteiger partial charge >= 0.3 is 6.18 Å². The van der Waals surface area contributed by atoms with E-state index in [1.807, 2.05) is 30.3 Å². The number of anilines is 1. The topological polar surface area (TPSA) is 74.3 Å². The van der Waals surface area contributed by atoms with E-state index in [0.29, 0.717) is 40.1 Å². The maximum absolute atomic E-state index is 13.5. The second-order valence-corrected chi connectivity index (χ2v) is 11.4. The van der Waals surface area contributed by atoms with Crippen LogP contribution >= 0.6 is 0 Å². The number of nitrogens with one attached hydrogen (secondary N) is 2. The van der Waals surface area contributed by atoms with E-state index in [0.717, 1.165) is 49.0 Å². The molecule has 1 atom stereocenters. The van der Waals surface area contributed by atoms with Crippen molar-refractivity contribution in [2.75, 3.05) is 25.0 Å². The Morgan fingerprint density at radius 2 is 1.47 bits per heavy atom. The lowest BCUT2D eigenvalue weighted by molar-refractivity contribution is -0.137. The van der Waals surface area contributed by atoms with Crippen LogP contribution in [0.25, 0.3) is 22.0 Å². The average molecular weight is 639 g/mol. The van der Waals surface area contributed by atoms with Crippen LogP contribution in [0.5, 0.6) is 0 Å². The highest BCUT2D eigenvalue weighted by Gasteiger charge is 2.30. The van der Waals surface area contributed by atoms with Crippen LogP contribution in [0.2, 0.25) is 0 Å². The quantitative estimate of drug-likeness (QED) is 0.143. The van der Waals surface area contributed by atoms with Crippen molar-refractivity contribution in [3.63, 3.8) is 0 Å². The van der Waals surface area contributed by atoms with Crippen molar-refractivity contribution in [2.24, 2.45) is 0 Å². The maximum Gasteiger partial charge on any atom is 0.416 e. The zero-order valence-electron chi connectivity index (χ0n) is 26.4. The molecule has 47 heavy (non-hydrogen) atoms. The van der Waals surface area contributed by atoms with Crippen LogP contribution in [0, 0.1) is 0 Å². The van der Waals surface area contributed by atoms with Crippen molar-refractivity contribution >= 4 is 28.5 Å². The first-order valence-corrected chi connectivity index (χ1v) is 15.7. The van der Waals surface area contributed by atoms with Crippen LogP contribution < -0.4 is 10.6 Å². The Hall–Kier alpha value is -5.02. The van der Waals surface area contributed by atoms with E-state index >= 15 is 0 Å². The van der Waals surface area contributed by atoms with Crippen molar-refractivity contribution in [1.29, 1.82) is 0 Å². The fourth-order valence-electron chi connectivity index (χ4n) is 5.64. The van der Waals surface area contributed by atoms with E-state index in [2.05, 4.69) is 34.4 Å². The molecular formula is C38H37F3N4O2. The van der Waals surface area contributed by atoms with Gasteiger partial charge in [0.15, 0.2) is 0 Å². The molecular weight excluding hydrogens is 601 g/mol. The van der Waals surface area contributed by atoms with Crippen LogP contribution in [-0.2, 0) is 6.18 Å². The third kappa shape index (κ3) is 8.42. The lowest BCUT2D eigenvalue weighted by atomic mass is 9.98. The van der Waals surface area contributed by atoms with Crippen LogP contribution in [0.4, 0.5) is 19.0 Å². The van der Waals surface area contributed by atoms with Gasteiger partial charge in [-0.25, -0.2) is 4.98 Å². The number of fused-ring (bicyclic) bond motifs is 1. The first-order chi connectivity index (χ1) is 22.7. The number of hydrogen-bond acceptors (Lipinski definition) is 4. The predicted octanol–water partition coefficient (Wildman–Crippen LogP) is 8.77. The van der Waals surface area contributed by atoms with Gasteiger partial charge in [-0.05, 0) is 91.2 Å². The molecule has 0 aliphatic rings. The van der Waals surface area contributed by atoms with Gasteiger partial charge in [-0.2, -0.15) is 13.2 Å². The minimum absolute atomic E-state index is 0.182. The summed E-state index contributed by atoms with van der Waals surface area (Å²) in [6.45, 7) is 6.92. The molecule has 0 radical (unpaired) electrons. The highest BCUT2D eigenvalue weighted by Crippen LogP contribution is 2.32. The molecule has 242 valence electrons. The number of halogens is 3. The summed E-state index contributed by atoms with van der Waals surface area (Å²) in [7, 11) is 0. The number of carbonyl (C=O) groups excluding carboxylic acids is 2.